The zero-order chi connectivity index (χ0) is 17.0. The first-order chi connectivity index (χ1) is 11.8. The summed E-state index contributed by atoms with van der Waals surface area (Å²) in [5.41, 5.74) is 8.43. The van der Waals surface area contributed by atoms with Crippen molar-refractivity contribution in [2.24, 2.45) is 5.73 Å². The van der Waals surface area contributed by atoms with Gasteiger partial charge in [0, 0.05) is 12.6 Å². The maximum Gasteiger partial charge on any atom is 0.119 e. The van der Waals surface area contributed by atoms with Crippen LogP contribution >= 0.6 is 0 Å². The monoisotopic (exact) mass is 327 g/mol. The molecule has 2 aromatic carbocycles. The summed E-state index contributed by atoms with van der Waals surface area (Å²) in [5, 5.41) is 0. The van der Waals surface area contributed by atoms with E-state index in [9.17, 15) is 0 Å². The Balaban J connectivity index is 1.54. The van der Waals surface area contributed by atoms with Crippen LogP contribution in [0.5, 0.6) is 5.75 Å². The average Bonchev–Trinajstić information content (AvgIpc) is 2.64. The van der Waals surface area contributed by atoms with Crippen LogP contribution < -0.4 is 10.5 Å². The second-order valence-corrected chi connectivity index (χ2v) is 6.03. The van der Waals surface area contributed by atoms with E-state index >= 15 is 0 Å². The van der Waals surface area contributed by atoms with E-state index in [1.807, 2.05) is 30.3 Å². The lowest BCUT2D eigenvalue weighted by molar-refractivity contribution is 0.116. The van der Waals surface area contributed by atoms with Crippen molar-refractivity contribution in [2.45, 2.75) is 45.3 Å². The molecule has 0 heterocycles. The average molecular weight is 327 g/mol. The summed E-state index contributed by atoms with van der Waals surface area (Å²) in [6.07, 6.45) is 4.16. The number of unbranched alkanes of at least 4 members (excludes halogenated alkanes) is 2. The molecule has 0 fully saturated rings. The Kier molecular flexibility index (Phi) is 8.36. The third-order valence-electron chi connectivity index (χ3n) is 4.04. The van der Waals surface area contributed by atoms with Crippen molar-refractivity contribution in [1.82, 2.24) is 0 Å². The van der Waals surface area contributed by atoms with Crippen molar-refractivity contribution in [3.63, 3.8) is 0 Å². The molecule has 0 aliphatic rings. The summed E-state index contributed by atoms with van der Waals surface area (Å²) in [5.74, 6) is 0.914. The molecule has 0 amide bonds. The smallest absolute Gasteiger partial charge is 0.119 e. The van der Waals surface area contributed by atoms with Crippen LogP contribution in [0.1, 0.15) is 49.8 Å². The van der Waals surface area contributed by atoms with E-state index in [1.54, 1.807) is 0 Å². The summed E-state index contributed by atoms with van der Waals surface area (Å²) in [7, 11) is 0. The minimum absolute atomic E-state index is 0.0929. The van der Waals surface area contributed by atoms with Crippen molar-refractivity contribution in [3.05, 3.63) is 65.7 Å². The lowest BCUT2D eigenvalue weighted by Crippen LogP contribution is -2.08. The Hall–Kier alpha value is -1.84. The van der Waals surface area contributed by atoms with Gasteiger partial charge in [0.25, 0.3) is 0 Å². The minimum atomic E-state index is 0.0929. The maximum atomic E-state index is 6.06. The van der Waals surface area contributed by atoms with Crippen LogP contribution in [-0.4, -0.2) is 13.2 Å². The first kappa shape index (κ1) is 18.5. The molecule has 0 radical (unpaired) electrons. The fourth-order valence-corrected chi connectivity index (χ4v) is 2.51. The molecule has 2 N–H and O–H groups in total. The molecule has 0 saturated carbocycles. The van der Waals surface area contributed by atoms with Crippen LogP contribution in [0.25, 0.3) is 0 Å². The van der Waals surface area contributed by atoms with Crippen LogP contribution in [0.3, 0.4) is 0 Å². The first-order valence-corrected chi connectivity index (χ1v) is 8.89. The summed E-state index contributed by atoms with van der Waals surface area (Å²) >= 11 is 0. The third-order valence-corrected chi connectivity index (χ3v) is 4.04. The van der Waals surface area contributed by atoms with Crippen molar-refractivity contribution >= 4 is 0 Å². The number of hydrogen-bond donors (Lipinski definition) is 1. The predicted octanol–water partition coefficient (Wildman–Crippen LogP) is 4.86. The molecule has 0 bridgehead atoms. The van der Waals surface area contributed by atoms with Crippen molar-refractivity contribution in [3.8, 4) is 5.75 Å². The van der Waals surface area contributed by atoms with E-state index < -0.39 is 0 Å². The fraction of sp³-hybridized carbons (Fsp3) is 0.429. The van der Waals surface area contributed by atoms with Gasteiger partial charge in [-0.1, -0.05) is 49.4 Å². The van der Waals surface area contributed by atoms with E-state index in [2.05, 4.69) is 31.2 Å². The molecule has 0 aromatic heterocycles. The molecule has 0 spiro atoms. The Morgan fingerprint density at radius 3 is 2.50 bits per heavy atom. The van der Waals surface area contributed by atoms with Crippen molar-refractivity contribution in [2.75, 3.05) is 13.2 Å². The molecule has 1 atom stereocenters. The highest BCUT2D eigenvalue weighted by atomic mass is 16.5. The number of hydrogen-bond acceptors (Lipinski definition) is 3. The van der Waals surface area contributed by atoms with Crippen LogP contribution in [-0.2, 0) is 11.3 Å². The van der Waals surface area contributed by atoms with Crippen LogP contribution in [0.15, 0.2) is 54.6 Å². The van der Waals surface area contributed by atoms with Gasteiger partial charge in [-0.3, -0.25) is 0 Å². The number of rotatable bonds is 11. The predicted molar refractivity (Wildman–Crippen MR) is 99.1 cm³/mol. The maximum absolute atomic E-state index is 6.06. The highest BCUT2D eigenvalue weighted by Gasteiger charge is 2.04. The molecule has 3 nitrogen and oxygen atoms in total. The van der Waals surface area contributed by atoms with Gasteiger partial charge in [-0.05, 0) is 48.9 Å². The van der Waals surface area contributed by atoms with Crippen molar-refractivity contribution in [1.29, 1.82) is 0 Å². The van der Waals surface area contributed by atoms with Crippen molar-refractivity contribution < 1.29 is 9.47 Å². The molecule has 0 aliphatic carbocycles. The molecule has 0 saturated heterocycles. The molecule has 24 heavy (non-hydrogen) atoms. The Labute approximate surface area is 145 Å². The van der Waals surface area contributed by atoms with Gasteiger partial charge in [-0.25, -0.2) is 0 Å². The normalized spacial score (nSPS) is 12.1. The summed E-state index contributed by atoms with van der Waals surface area (Å²) in [6.45, 7) is 4.33. The highest BCUT2D eigenvalue weighted by molar-refractivity contribution is 5.30. The molecular formula is C21H29NO2. The largest absolute Gasteiger partial charge is 0.494 e. The number of benzene rings is 2. The molecule has 2 rings (SSSR count). The zero-order valence-electron chi connectivity index (χ0n) is 14.6. The van der Waals surface area contributed by atoms with Gasteiger partial charge in [0.15, 0.2) is 0 Å². The van der Waals surface area contributed by atoms with Gasteiger partial charge in [0.1, 0.15) is 5.75 Å². The van der Waals surface area contributed by atoms with Gasteiger partial charge < -0.3 is 15.2 Å². The van der Waals surface area contributed by atoms with Gasteiger partial charge >= 0.3 is 0 Å². The van der Waals surface area contributed by atoms with Gasteiger partial charge in [-0.2, -0.15) is 0 Å². The van der Waals surface area contributed by atoms with Crippen LogP contribution in [0, 0.1) is 0 Å². The Bertz CT molecular complexity index is 571. The Morgan fingerprint density at radius 1 is 0.917 bits per heavy atom. The molecule has 2 aromatic rings. The third kappa shape index (κ3) is 6.73. The summed E-state index contributed by atoms with van der Waals surface area (Å²) in [4.78, 5) is 0. The second kappa shape index (κ2) is 10.8. The number of ether oxygens (including phenoxy) is 2. The molecule has 130 valence electrons. The molecule has 0 aliphatic heterocycles. The molecule has 1 unspecified atom stereocenters. The quantitative estimate of drug-likeness (QED) is 0.599. The van der Waals surface area contributed by atoms with E-state index in [0.717, 1.165) is 50.2 Å². The highest BCUT2D eigenvalue weighted by Crippen LogP contribution is 2.20. The first-order valence-electron chi connectivity index (χ1n) is 8.89. The lowest BCUT2D eigenvalue weighted by Gasteiger charge is -2.12. The summed E-state index contributed by atoms with van der Waals surface area (Å²) < 4.78 is 11.5. The van der Waals surface area contributed by atoms with Gasteiger partial charge in [0.2, 0.25) is 0 Å². The standard InChI is InChI=1S/C21H29NO2/c1-2-21(22)19-12-9-13-20(16-19)24-15-8-4-7-14-23-17-18-10-5-3-6-11-18/h3,5-6,9-13,16,21H,2,4,7-8,14-15,17,22H2,1H3. The van der Waals surface area contributed by atoms with E-state index in [0.29, 0.717) is 6.61 Å². The molecular weight excluding hydrogens is 298 g/mol. The van der Waals surface area contributed by atoms with Crippen LogP contribution in [0.2, 0.25) is 0 Å². The van der Waals surface area contributed by atoms with Crippen LogP contribution in [0.4, 0.5) is 0 Å². The van der Waals surface area contributed by atoms with E-state index in [1.165, 1.54) is 5.56 Å². The Morgan fingerprint density at radius 2 is 1.71 bits per heavy atom. The van der Waals surface area contributed by atoms with Gasteiger partial charge in [0.05, 0.1) is 13.2 Å². The minimum Gasteiger partial charge on any atom is -0.494 e. The fourth-order valence-electron chi connectivity index (χ4n) is 2.51. The summed E-state index contributed by atoms with van der Waals surface area (Å²) in [6, 6.07) is 18.5. The lowest BCUT2D eigenvalue weighted by atomic mass is 10.1. The molecule has 3 heteroatoms. The van der Waals surface area contributed by atoms with E-state index in [-0.39, 0.29) is 6.04 Å². The second-order valence-electron chi connectivity index (χ2n) is 6.03. The SMILES string of the molecule is CCC(N)c1cccc(OCCCCCOCc2ccccc2)c1. The van der Waals surface area contributed by atoms with Gasteiger partial charge in [-0.15, -0.1) is 0 Å². The number of nitrogens with two attached hydrogens (primary N) is 1. The topological polar surface area (TPSA) is 44.5 Å². The van der Waals surface area contributed by atoms with E-state index in [4.69, 9.17) is 15.2 Å². The zero-order valence-corrected chi connectivity index (χ0v) is 14.6.